The number of hydrogen-bond acceptors (Lipinski definition) is 4. The fraction of sp³-hybridized carbons (Fsp3) is 0.263. The van der Waals surface area contributed by atoms with Crippen molar-refractivity contribution in [1.29, 1.82) is 5.26 Å². The Balaban J connectivity index is 1.62. The van der Waals surface area contributed by atoms with Crippen LogP contribution in [0.2, 0.25) is 0 Å². The van der Waals surface area contributed by atoms with Crippen LogP contribution in [0.1, 0.15) is 16.7 Å². The van der Waals surface area contributed by atoms with Crippen LogP contribution in [0.25, 0.3) is 0 Å². The molecule has 0 bridgehead atoms. The number of hydrogen-bond donors (Lipinski definition) is 1. The highest BCUT2D eigenvalue weighted by Crippen LogP contribution is 2.28. The molecular formula is C19H19N3O2S. The predicted molar refractivity (Wildman–Crippen MR) is 98.1 cm³/mol. The minimum atomic E-state index is -1.29. The van der Waals surface area contributed by atoms with Gasteiger partial charge >= 0.3 is 0 Å². The van der Waals surface area contributed by atoms with Crippen molar-refractivity contribution in [2.75, 3.05) is 17.2 Å². The zero-order chi connectivity index (χ0) is 17.6. The zero-order valence-electron chi connectivity index (χ0n) is 13.8. The molecular weight excluding hydrogens is 334 g/mol. The van der Waals surface area contributed by atoms with E-state index in [9.17, 15) is 9.00 Å². The van der Waals surface area contributed by atoms with Crippen LogP contribution in [0.3, 0.4) is 0 Å². The molecule has 6 heteroatoms. The van der Waals surface area contributed by atoms with Gasteiger partial charge in [-0.25, -0.2) is 0 Å². The molecule has 1 heterocycles. The number of benzene rings is 2. The van der Waals surface area contributed by atoms with Crippen LogP contribution in [-0.2, 0) is 34.4 Å². The van der Waals surface area contributed by atoms with Crippen molar-refractivity contribution in [3.63, 3.8) is 0 Å². The van der Waals surface area contributed by atoms with Crippen LogP contribution < -0.4 is 10.2 Å². The largest absolute Gasteiger partial charge is 0.363 e. The van der Waals surface area contributed by atoms with E-state index in [1.165, 1.54) is 11.1 Å². The highest BCUT2D eigenvalue weighted by atomic mass is 32.2. The molecule has 1 aliphatic rings. The Hall–Kier alpha value is -2.65. The first-order valence-electron chi connectivity index (χ1n) is 8.05. The van der Waals surface area contributed by atoms with E-state index in [4.69, 9.17) is 5.26 Å². The summed E-state index contributed by atoms with van der Waals surface area (Å²) >= 11 is 0. The first-order valence-corrected chi connectivity index (χ1v) is 9.54. The predicted octanol–water partition coefficient (Wildman–Crippen LogP) is 2.10. The maximum absolute atomic E-state index is 12.2. The molecule has 0 fully saturated rings. The van der Waals surface area contributed by atoms with Gasteiger partial charge in [-0.3, -0.25) is 9.00 Å². The molecule has 2 aromatic rings. The van der Waals surface area contributed by atoms with E-state index in [0.717, 1.165) is 24.3 Å². The molecule has 1 unspecified atom stereocenters. The number of nitrogens with one attached hydrogen (secondary N) is 1. The van der Waals surface area contributed by atoms with Crippen molar-refractivity contribution >= 4 is 22.4 Å². The monoisotopic (exact) mass is 353 g/mol. The van der Waals surface area contributed by atoms with Gasteiger partial charge in [0.1, 0.15) is 12.3 Å². The molecule has 25 heavy (non-hydrogen) atoms. The molecule has 3 rings (SSSR count). The lowest BCUT2D eigenvalue weighted by Gasteiger charge is -2.18. The molecule has 1 atom stereocenters. The third-order valence-corrected chi connectivity index (χ3v) is 5.34. The Morgan fingerprint density at radius 1 is 1.16 bits per heavy atom. The smallest absolute Gasteiger partial charge is 0.233 e. The van der Waals surface area contributed by atoms with Crippen molar-refractivity contribution in [3.8, 4) is 6.07 Å². The van der Waals surface area contributed by atoms with Gasteiger partial charge in [0.15, 0.2) is 0 Å². The van der Waals surface area contributed by atoms with Crippen LogP contribution in [0.5, 0.6) is 0 Å². The Bertz CT molecular complexity index is 820. The molecule has 1 N–H and O–H groups in total. The second-order valence-corrected chi connectivity index (χ2v) is 7.42. The molecule has 0 aromatic heterocycles. The van der Waals surface area contributed by atoms with Crippen molar-refractivity contribution in [2.24, 2.45) is 0 Å². The summed E-state index contributed by atoms with van der Waals surface area (Å²) in [6.45, 7) is 1.69. The number of anilines is 1. The van der Waals surface area contributed by atoms with Crippen LogP contribution in [0.4, 0.5) is 5.69 Å². The highest BCUT2D eigenvalue weighted by Gasteiger charge is 2.19. The van der Waals surface area contributed by atoms with Gasteiger partial charge in [-0.15, -0.1) is 0 Å². The third-order valence-electron chi connectivity index (χ3n) is 4.10. The van der Waals surface area contributed by atoms with Gasteiger partial charge in [0, 0.05) is 35.3 Å². The van der Waals surface area contributed by atoms with Crippen LogP contribution in [0, 0.1) is 11.3 Å². The van der Waals surface area contributed by atoms with Crippen LogP contribution >= 0.6 is 0 Å². The van der Waals surface area contributed by atoms with E-state index >= 15 is 0 Å². The molecule has 0 radical (unpaired) electrons. The molecule has 0 saturated carbocycles. The Morgan fingerprint density at radius 3 is 2.56 bits per heavy atom. The molecule has 1 amide bonds. The average molecular weight is 353 g/mol. The number of carbonyl (C=O) groups excluding carboxylic acids is 1. The topological polar surface area (TPSA) is 73.2 Å². The first-order chi connectivity index (χ1) is 12.2. The lowest BCUT2D eigenvalue weighted by molar-refractivity contribution is -0.118. The molecule has 2 aromatic carbocycles. The Morgan fingerprint density at radius 2 is 1.88 bits per heavy atom. The standard InChI is InChI=1S/C19H19N3O2S/c20-8-9-21-19(23)14-25(24)13-15-4-3-7-18(10-15)22-11-16-5-1-2-6-17(16)12-22/h1-7,10H,9,11-14H2,(H,21,23). The summed E-state index contributed by atoms with van der Waals surface area (Å²) in [5.74, 6) is -0.110. The van der Waals surface area contributed by atoms with E-state index in [0.29, 0.717) is 5.75 Å². The molecule has 1 aliphatic heterocycles. The SMILES string of the molecule is N#CCNC(=O)CS(=O)Cc1cccc(N2Cc3ccccc3C2)c1. The van der Waals surface area contributed by atoms with Crippen LogP contribution in [-0.4, -0.2) is 22.4 Å². The van der Waals surface area contributed by atoms with E-state index in [1.807, 2.05) is 24.3 Å². The molecule has 128 valence electrons. The van der Waals surface area contributed by atoms with Crippen molar-refractivity contribution in [1.82, 2.24) is 5.32 Å². The highest BCUT2D eigenvalue weighted by molar-refractivity contribution is 7.84. The Labute approximate surface area is 149 Å². The number of amides is 1. The van der Waals surface area contributed by atoms with Gasteiger partial charge in [0.2, 0.25) is 5.91 Å². The fourth-order valence-corrected chi connectivity index (χ4v) is 3.98. The summed E-state index contributed by atoms with van der Waals surface area (Å²) in [7, 11) is -1.29. The zero-order valence-corrected chi connectivity index (χ0v) is 14.6. The van der Waals surface area contributed by atoms with Crippen molar-refractivity contribution < 1.29 is 9.00 Å². The summed E-state index contributed by atoms with van der Waals surface area (Å²) in [5, 5.41) is 10.9. The Kier molecular flexibility index (Phi) is 5.46. The van der Waals surface area contributed by atoms with E-state index < -0.39 is 10.8 Å². The maximum Gasteiger partial charge on any atom is 0.233 e. The number of nitrogens with zero attached hydrogens (tertiary/aromatic N) is 2. The number of carbonyl (C=O) groups is 1. The summed E-state index contributed by atoms with van der Waals surface area (Å²) in [5.41, 5.74) is 4.72. The summed E-state index contributed by atoms with van der Waals surface area (Å²) in [6.07, 6.45) is 0. The number of fused-ring (bicyclic) bond motifs is 1. The van der Waals surface area contributed by atoms with E-state index in [1.54, 1.807) is 0 Å². The molecule has 0 aliphatic carbocycles. The molecule has 0 spiro atoms. The van der Waals surface area contributed by atoms with Gasteiger partial charge in [-0.05, 0) is 28.8 Å². The van der Waals surface area contributed by atoms with Gasteiger partial charge in [0.05, 0.1) is 6.07 Å². The summed E-state index contributed by atoms with van der Waals surface area (Å²) in [6, 6.07) is 18.2. The van der Waals surface area contributed by atoms with Gasteiger partial charge in [-0.1, -0.05) is 36.4 Å². The quantitative estimate of drug-likeness (QED) is 0.807. The van der Waals surface area contributed by atoms with E-state index in [2.05, 4.69) is 40.5 Å². The lowest BCUT2D eigenvalue weighted by Crippen LogP contribution is -2.28. The van der Waals surface area contributed by atoms with Crippen molar-refractivity contribution in [3.05, 3.63) is 65.2 Å². The number of rotatable bonds is 6. The van der Waals surface area contributed by atoms with Crippen LogP contribution in [0.15, 0.2) is 48.5 Å². The first kappa shape index (κ1) is 17.2. The van der Waals surface area contributed by atoms with E-state index in [-0.39, 0.29) is 18.2 Å². The number of nitriles is 1. The molecule has 0 saturated heterocycles. The van der Waals surface area contributed by atoms with Gasteiger partial charge < -0.3 is 10.2 Å². The van der Waals surface area contributed by atoms with Gasteiger partial charge in [-0.2, -0.15) is 5.26 Å². The normalized spacial score (nSPS) is 13.8. The van der Waals surface area contributed by atoms with Crippen molar-refractivity contribution in [2.45, 2.75) is 18.8 Å². The molecule has 5 nitrogen and oxygen atoms in total. The minimum Gasteiger partial charge on any atom is -0.363 e. The second-order valence-electron chi connectivity index (χ2n) is 5.96. The summed E-state index contributed by atoms with van der Waals surface area (Å²) in [4.78, 5) is 13.8. The maximum atomic E-state index is 12.2. The fourth-order valence-electron chi connectivity index (χ4n) is 2.93. The summed E-state index contributed by atoms with van der Waals surface area (Å²) < 4.78 is 12.2. The lowest BCUT2D eigenvalue weighted by atomic mass is 10.1. The van der Waals surface area contributed by atoms with Gasteiger partial charge in [0.25, 0.3) is 0 Å². The average Bonchev–Trinajstić information content (AvgIpc) is 3.04. The second kappa shape index (κ2) is 7.95. The minimum absolute atomic E-state index is 0.0545. The third kappa shape index (κ3) is 4.46.